The van der Waals surface area contributed by atoms with Crippen LogP contribution in [-0.4, -0.2) is 43.5 Å². The van der Waals surface area contributed by atoms with Gasteiger partial charge in [-0.25, -0.2) is 17.9 Å². The second-order valence-electron chi connectivity index (χ2n) is 15.5. The van der Waals surface area contributed by atoms with Gasteiger partial charge in [0.05, 0.1) is 23.7 Å². The van der Waals surface area contributed by atoms with Crippen LogP contribution in [0.2, 0.25) is 0 Å². The maximum atomic E-state index is 12.8. The molecule has 0 spiro atoms. The molecule has 0 aliphatic heterocycles. The predicted molar refractivity (Wildman–Crippen MR) is 176 cm³/mol. The first kappa shape index (κ1) is 32.8. The molecule has 4 aliphatic carbocycles. The molecular formula is C37H53NO6S. The van der Waals surface area contributed by atoms with Crippen LogP contribution in [0, 0.1) is 52.3 Å². The maximum Gasteiger partial charge on any atom is 0.421 e. The summed E-state index contributed by atoms with van der Waals surface area (Å²) >= 11 is 0. The largest absolute Gasteiger partial charge is 0.449 e. The van der Waals surface area contributed by atoms with Crippen LogP contribution in [0.25, 0.3) is 10.8 Å². The number of rotatable bonds is 8. The Bertz CT molecular complexity index is 1490. The Morgan fingerprint density at radius 2 is 1.69 bits per heavy atom. The Labute approximate surface area is 269 Å². The summed E-state index contributed by atoms with van der Waals surface area (Å²) in [5.74, 6) is 3.04. The van der Waals surface area contributed by atoms with Crippen molar-refractivity contribution in [1.82, 2.24) is 4.72 Å². The summed E-state index contributed by atoms with van der Waals surface area (Å²) in [4.78, 5) is 12.5. The topological polar surface area (TPSA) is 113 Å². The summed E-state index contributed by atoms with van der Waals surface area (Å²) < 4.78 is 33.0. The third-order valence-corrected chi connectivity index (χ3v) is 14.7. The molecule has 2 aromatic carbocycles. The highest BCUT2D eigenvalue weighted by Crippen LogP contribution is 2.69. The van der Waals surface area contributed by atoms with E-state index in [0.717, 1.165) is 55.7 Å². The smallest absolute Gasteiger partial charge is 0.421 e. The normalized spacial score (nSPS) is 38.5. The van der Waals surface area contributed by atoms with Crippen LogP contribution < -0.4 is 4.72 Å². The first-order valence-corrected chi connectivity index (χ1v) is 18.9. The van der Waals surface area contributed by atoms with E-state index in [1.807, 2.05) is 24.3 Å². The molecular weight excluding hydrogens is 586 g/mol. The standard InChI is InChI=1S/C37H53NO6S/c1-5-28-32-22-26(39)16-18-37(32,4)31-17-19-36(3)29(14-15-30(36)33(31)34(28)40)23(2)9-8-20-44-35(41)38-45(42,43)27-13-12-24-10-6-7-11-25(24)21-27/h6-7,10-13,21,23,26,28-34,39-40H,5,8-9,14-20,22H2,1-4H3,(H,38,41)/t23-,26-,28-,29-,30+,31+,32+,33+,34-,36-,37-/m1/s1. The molecule has 0 unspecified atom stereocenters. The van der Waals surface area contributed by atoms with Gasteiger partial charge in [0.25, 0.3) is 10.0 Å². The molecule has 1 amide bonds. The molecule has 7 nitrogen and oxygen atoms in total. The first-order chi connectivity index (χ1) is 21.4. The summed E-state index contributed by atoms with van der Waals surface area (Å²) in [6.07, 6.45) is 8.57. The molecule has 0 radical (unpaired) electrons. The average Bonchev–Trinajstić information content (AvgIpc) is 3.37. The molecule has 4 saturated carbocycles. The van der Waals surface area contributed by atoms with Gasteiger partial charge in [0, 0.05) is 0 Å². The fourth-order valence-corrected chi connectivity index (χ4v) is 12.2. The number of fused-ring (bicyclic) bond motifs is 6. The number of benzene rings is 2. The number of hydrogen-bond acceptors (Lipinski definition) is 6. The minimum absolute atomic E-state index is 0.0319. The van der Waals surface area contributed by atoms with Crippen LogP contribution in [0.1, 0.15) is 91.9 Å². The van der Waals surface area contributed by atoms with E-state index >= 15 is 0 Å². The summed E-state index contributed by atoms with van der Waals surface area (Å²) in [5, 5.41) is 24.2. The Balaban J connectivity index is 1.04. The van der Waals surface area contributed by atoms with E-state index in [0.29, 0.717) is 41.9 Å². The van der Waals surface area contributed by atoms with E-state index in [4.69, 9.17) is 4.74 Å². The molecule has 248 valence electrons. The molecule has 11 atom stereocenters. The number of carbonyl (C=O) groups excluding carboxylic acids is 1. The fourth-order valence-electron chi connectivity index (χ4n) is 11.2. The molecule has 2 aromatic rings. The minimum Gasteiger partial charge on any atom is -0.449 e. The lowest BCUT2D eigenvalue weighted by molar-refractivity contribution is -0.203. The van der Waals surface area contributed by atoms with Gasteiger partial charge >= 0.3 is 6.09 Å². The SMILES string of the molecule is CC[C@H]1[C@@H](O)[C@@H]2[C@H](CC[C@]3(C)[C@@H]([C@H](C)CCCOC(=O)NS(=O)(=O)c4ccc5ccccc5c4)CC[C@@H]23)[C@@]2(C)CC[C@@H](O)C[C@@H]12. The second-order valence-corrected chi connectivity index (χ2v) is 17.2. The molecule has 45 heavy (non-hydrogen) atoms. The van der Waals surface area contributed by atoms with Crippen molar-refractivity contribution in [2.24, 2.45) is 52.3 Å². The van der Waals surface area contributed by atoms with Gasteiger partial charge in [-0.3, -0.25) is 0 Å². The molecule has 8 heteroatoms. The van der Waals surface area contributed by atoms with Gasteiger partial charge in [-0.05, 0) is 133 Å². The highest BCUT2D eigenvalue weighted by atomic mass is 32.2. The van der Waals surface area contributed by atoms with E-state index in [9.17, 15) is 23.4 Å². The number of carbonyl (C=O) groups is 1. The molecule has 0 aromatic heterocycles. The molecule has 0 saturated heterocycles. The van der Waals surface area contributed by atoms with Crippen LogP contribution >= 0.6 is 0 Å². The number of amides is 1. The van der Waals surface area contributed by atoms with Crippen molar-refractivity contribution >= 4 is 26.9 Å². The lowest BCUT2D eigenvalue weighted by Gasteiger charge is -2.64. The van der Waals surface area contributed by atoms with Crippen molar-refractivity contribution in [2.75, 3.05) is 6.61 Å². The molecule has 4 aliphatic rings. The lowest BCUT2D eigenvalue weighted by Crippen LogP contribution is -2.62. The maximum absolute atomic E-state index is 12.8. The van der Waals surface area contributed by atoms with Crippen molar-refractivity contribution in [3.63, 3.8) is 0 Å². The van der Waals surface area contributed by atoms with Crippen LogP contribution in [-0.2, 0) is 14.8 Å². The van der Waals surface area contributed by atoms with Crippen molar-refractivity contribution < 1.29 is 28.2 Å². The van der Waals surface area contributed by atoms with Gasteiger partial charge in [0.15, 0.2) is 0 Å². The van der Waals surface area contributed by atoms with E-state index in [1.165, 1.54) is 18.9 Å². The monoisotopic (exact) mass is 639 g/mol. The molecule has 4 fully saturated rings. The van der Waals surface area contributed by atoms with Gasteiger partial charge < -0.3 is 14.9 Å². The third kappa shape index (κ3) is 5.82. The Kier molecular flexibility index (Phi) is 9.07. The highest BCUT2D eigenvalue weighted by molar-refractivity contribution is 7.90. The number of aliphatic hydroxyl groups excluding tert-OH is 2. The molecule has 0 heterocycles. The second kappa shape index (κ2) is 12.5. The molecule has 6 rings (SSSR count). The number of ether oxygens (including phenoxy) is 1. The third-order valence-electron chi connectivity index (χ3n) is 13.4. The van der Waals surface area contributed by atoms with Gasteiger partial charge in [0.1, 0.15) is 0 Å². The Hall–Kier alpha value is -2.16. The summed E-state index contributed by atoms with van der Waals surface area (Å²) in [5.41, 5.74) is 0.387. The van der Waals surface area contributed by atoms with Gasteiger partial charge in [-0.15, -0.1) is 0 Å². The van der Waals surface area contributed by atoms with E-state index in [2.05, 4.69) is 32.4 Å². The van der Waals surface area contributed by atoms with Crippen LogP contribution in [0.5, 0.6) is 0 Å². The van der Waals surface area contributed by atoms with Gasteiger partial charge in [-0.2, -0.15) is 0 Å². The summed E-state index contributed by atoms with van der Waals surface area (Å²) in [6.45, 7) is 9.68. The van der Waals surface area contributed by atoms with E-state index in [-0.39, 0.29) is 40.5 Å². The fraction of sp³-hybridized carbons (Fsp3) is 0.703. The van der Waals surface area contributed by atoms with Crippen LogP contribution in [0.15, 0.2) is 47.4 Å². The Morgan fingerprint density at radius 3 is 2.44 bits per heavy atom. The van der Waals surface area contributed by atoms with Crippen molar-refractivity contribution in [3.8, 4) is 0 Å². The molecule has 0 bridgehead atoms. The Morgan fingerprint density at radius 1 is 0.978 bits per heavy atom. The first-order valence-electron chi connectivity index (χ1n) is 17.4. The predicted octanol–water partition coefficient (Wildman–Crippen LogP) is 7.30. The zero-order valence-electron chi connectivity index (χ0n) is 27.5. The summed E-state index contributed by atoms with van der Waals surface area (Å²) in [7, 11) is -4.03. The van der Waals surface area contributed by atoms with Crippen molar-refractivity contribution in [2.45, 2.75) is 109 Å². The summed E-state index contributed by atoms with van der Waals surface area (Å²) in [6, 6.07) is 12.3. The number of hydrogen-bond donors (Lipinski definition) is 3. The van der Waals surface area contributed by atoms with Gasteiger partial charge in [0.2, 0.25) is 0 Å². The lowest BCUT2D eigenvalue weighted by atomic mass is 9.41. The highest BCUT2D eigenvalue weighted by Gasteiger charge is 2.64. The van der Waals surface area contributed by atoms with Gasteiger partial charge in [-0.1, -0.05) is 64.4 Å². The average molecular weight is 640 g/mol. The number of nitrogens with one attached hydrogen (secondary N) is 1. The van der Waals surface area contributed by atoms with E-state index < -0.39 is 16.1 Å². The zero-order chi connectivity index (χ0) is 32.1. The minimum atomic E-state index is -4.03. The van der Waals surface area contributed by atoms with Crippen LogP contribution in [0.3, 0.4) is 0 Å². The zero-order valence-corrected chi connectivity index (χ0v) is 28.3. The van der Waals surface area contributed by atoms with Crippen molar-refractivity contribution in [3.05, 3.63) is 42.5 Å². The molecule has 3 N–H and O–H groups in total. The number of sulfonamides is 1. The quantitative estimate of drug-likeness (QED) is 0.261. The van der Waals surface area contributed by atoms with Crippen molar-refractivity contribution in [1.29, 1.82) is 0 Å². The van der Waals surface area contributed by atoms with E-state index in [1.54, 1.807) is 12.1 Å². The number of aliphatic hydroxyl groups is 2. The van der Waals surface area contributed by atoms with Crippen LogP contribution in [0.4, 0.5) is 4.79 Å².